The van der Waals surface area contributed by atoms with Crippen molar-refractivity contribution in [1.29, 1.82) is 0 Å². The summed E-state index contributed by atoms with van der Waals surface area (Å²) < 4.78 is 5.59. The molecule has 1 fully saturated rings. The highest BCUT2D eigenvalue weighted by atomic mass is 16.5. The summed E-state index contributed by atoms with van der Waals surface area (Å²) in [4.78, 5) is 19.6. The maximum absolute atomic E-state index is 12.7. The molecule has 0 bridgehead atoms. The van der Waals surface area contributed by atoms with Crippen molar-refractivity contribution in [2.24, 2.45) is 0 Å². The van der Waals surface area contributed by atoms with E-state index in [1.54, 1.807) is 12.1 Å². The van der Waals surface area contributed by atoms with Gasteiger partial charge in [-0.25, -0.2) is 0 Å². The number of rotatable bonds is 5. The molecule has 1 saturated heterocycles. The molecule has 28 heavy (non-hydrogen) atoms. The Labute approximate surface area is 163 Å². The quantitative estimate of drug-likeness (QED) is 0.709. The molecule has 1 aliphatic rings. The Morgan fingerprint density at radius 1 is 1.18 bits per heavy atom. The highest BCUT2D eigenvalue weighted by molar-refractivity contribution is 5.94. The van der Waals surface area contributed by atoms with Crippen LogP contribution in [0.15, 0.2) is 65.2 Å². The van der Waals surface area contributed by atoms with Crippen LogP contribution in [0.25, 0.3) is 0 Å². The maximum Gasteiger partial charge on any atom is 0.253 e. The molecule has 0 spiro atoms. The van der Waals surface area contributed by atoms with E-state index in [1.165, 1.54) is 0 Å². The van der Waals surface area contributed by atoms with Crippen LogP contribution in [0.2, 0.25) is 0 Å². The van der Waals surface area contributed by atoms with Crippen molar-refractivity contribution in [3.8, 4) is 0 Å². The molecule has 1 amide bonds. The van der Waals surface area contributed by atoms with Crippen LogP contribution in [0.1, 0.15) is 39.7 Å². The SMILES string of the molecule is CN1CCNCC1c1noc(C(NC(=O)c2ccccc2)c2ccccc2)n1. The van der Waals surface area contributed by atoms with Crippen molar-refractivity contribution in [1.82, 2.24) is 25.7 Å². The fraction of sp³-hybridized carbons (Fsp3) is 0.286. The molecule has 0 radical (unpaired) electrons. The average Bonchev–Trinajstić information content (AvgIpc) is 3.23. The first kappa shape index (κ1) is 18.3. The van der Waals surface area contributed by atoms with E-state index in [1.807, 2.05) is 55.6 Å². The van der Waals surface area contributed by atoms with Crippen LogP contribution >= 0.6 is 0 Å². The lowest BCUT2D eigenvalue weighted by Crippen LogP contribution is -2.44. The Bertz CT molecular complexity index is 913. The number of likely N-dealkylation sites (N-methyl/N-ethyl adjacent to an activating group) is 1. The molecular weight excluding hydrogens is 354 g/mol. The van der Waals surface area contributed by atoms with Gasteiger partial charge >= 0.3 is 0 Å². The second kappa shape index (κ2) is 8.33. The van der Waals surface area contributed by atoms with E-state index >= 15 is 0 Å². The second-order valence-corrected chi connectivity index (χ2v) is 6.87. The second-order valence-electron chi connectivity index (χ2n) is 6.87. The number of nitrogens with zero attached hydrogens (tertiary/aromatic N) is 3. The summed E-state index contributed by atoms with van der Waals surface area (Å²) in [5.74, 6) is 0.815. The fourth-order valence-electron chi connectivity index (χ4n) is 3.33. The van der Waals surface area contributed by atoms with Gasteiger partial charge in [-0.3, -0.25) is 9.69 Å². The molecule has 7 heteroatoms. The minimum absolute atomic E-state index is 0.0486. The Balaban J connectivity index is 1.62. The van der Waals surface area contributed by atoms with Crippen LogP contribution < -0.4 is 10.6 Å². The van der Waals surface area contributed by atoms with Gasteiger partial charge < -0.3 is 15.2 Å². The molecule has 2 heterocycles. The monoisotopic (exact) mass is 377 g/mol. The van der Waals surface area contributed by atoms with E-state index in [0.29, 0.717) is 17.3 Å². The van der Waals surface area contributed by atoms with Crippen LogP contribution in [0.5, 0.6) is 0 Å². The van der Waals surface area contributed by atoms with Gasteiger partial charge in [0.25, 0.3) is 11.8 Å². The summed E-state index contributed by atoms with van der Waals surface area (Å²) >= 11 is 0. The van der Waals surface area contributed by atoms with E-state index in [0.717, 1.165) is 25.2 Å². The maximum atomic E-state index is 12.7. The van der Waals surface area contributed by atoms with E-state index < -0.39 is 6.04 Å². The molecular formula is C21H23N5O2. The summed E-state index contributed by atoms with van der Waals surface area (Å²) in [7, 11) is 2.05. The van der Waals surface area contributed by atoms with Crippen molar-refractivity contribution in [3.63, 3.8) is 0 Å². The highest BCUT2D eigenvalue weighted by Crippen LogP contribution is 2.24. The van der Waals surface area contributed by atoms with E-state index in [9.17, 15) is 4.79 Å². The third-order valence-electron chi connectivity index (χ3n) is 4.96. The molecule has 7 nitrogen and oxygen atoms in total. The molecule has 4 rings (SSSR count). The van der Waals surface area contributed by atoms with Crippen molar-refractivity contribution in [3.05, 3.63) is 83.5 Å². The van der Waals surface area contributed by atoms with Crippen LogP contribution in [0, 0.1) is 0 Å². The minimum Gasteiger partial charge on any atom is -0.337 e. The molecule has 144 valence electrons. The number of carbonyl (C=O) groups is 1. The highest BCUT2D eigenvalue weighted by Gasteiger charge is 2.29. The van der Waals surface area contributed by atoms with Gasteiger partial charge in [0.2, 0.25) is 0 Å². The van der Waals surface area contributed by atoms with Crippen molar-refractivity contribution in [2.45, 2.75) is 12.1 Å². The Kier molecular flexibility index (Phi) is 5.45. The normalized spacial score (nSPS) is 18.5. The van der Waals surface area contributed by atoms with Gasteiger partial charge in [-0.05, 0) is 24.7 Å². The third kappa shape index (κ3) is 3.95. The minimum atomic E-state index is -0.517. The van der Waals surface area contributed by atoms with Gasteiger partial charge in [0.1, 0.15) is 6.04 Å². The summed E-state index contributed by atoms with van der Waals surface area (Å²) in [6.07, 6.45) is 0. The lowest BCUT2D eigenvalue weighted by molar-refractivity contribution is 0.0936. The first-order valence-corrected chi connectivity index (χ1v) is 9.37. The summed E-state index contributed by atoms with van der Waals surface area (Å²) in [6, 6.07) is 18.3. The van der Waals surface area contributed by atoms with Crippen molar-refractivity contribution >= 4 is 5.91 Å². The van der Waals surface area contributed by atoms with E-state index in [2.05, 4.69) is 25.7 Å². The molecule has 2 unspecified atom stereocenters. The van der Waals surface area contributed by atoms with Gasteiger partial charge in [-0.1, -0.05) is 53.7 Å². The Hall–Kier alpha value is -3.03. The zero-order chi connectivity index (χ0) is 19.3. The Morgan fingerprint density at radius 2 is 1.89 bits per heavy atom. The van der Waals surface area contributed by atoms with Crippen LogP contribution in [-0.4, -0.2) is 47.6 Å². The van der Waals surface area contributed by atoms with E-state index in [4.69, 9.17) is 4.52 Å². The predicted octanol–water partition coefficient (Wildman–Crippen LogP) is 2.17. The molecule has 2 N–H and O–H groups in total. The summed E-state index contributed by atoms with van der Waals surface area (Å²) in [5.41, 5.74) is 1.47. The molecule has 0 saturated carbocycles. The molecule has 1 aliphatic heterocycles. The first-order valence-electron chi connectivity index (χ1n) is 9.37. The standard InChI is InChI=1S/C21H23N5O2/c1-26-13-12-22-14-17(26)19-24-21(28-25-19)18(15-8-4-2-5-9-15)23-20(27)16-10-6-3-7-11-16/h2-11,17-18,22H,12-14H2,1H3,(H,23,27). The molecule has 0 aliphatic carbocycles. The fourth-order valence-corrected chi connectivity index (χ4v) is 3.33. The summed E-state index contributed by atoms with van der Waals surface area (Å²) in [5, 5.41) is 10.6. The number of piperazine rings is 1. The largest absolute Gasteiger partial charge is 0.337 e. The smallest absolute Gasteiger partial charge is 0.253 e. The first-order chi connectivity index (χ1) is 13.7. The van der Waals surface area contributed by atoms with Gasteiger partial charge in [0.05, 0.1) is 6.04 Å². The lowest BCUT2D eigenvalue weighted by Gasteiger charge is -2.30. The molecule has 3 aromatic rings. The van der Waals surface area contributed by atoms with Crippen molar-refractivity contribution < 1.29 is 9.32 Å². The number of benzene rings is 2. The molecule has 2 atom stereocenters. The molecule has 2 aromatic carbocycles. The topological polar surface area (TPSA) is 83.3 Å². The number of aromatic nitrogens is 2. The number of amides is 1. The van der Waals surface area contributed by atoms with Crippen LogP contribution in [0.4, 0.5) is 0 Å². The summed E-state index contributed by atoms with van der Waals surface area (Å²) in [6.45, 7) is 2.63. The van der Waals surface area contributed by atoms with E-state index in [-0.39, 0.29) is 11.9 Å². The zero-order valence-corrected chi connectivity index (χ0v) is 15.7. The molecule has 1 aromatic heterocycles. The zero-order valence-electron chi connectivity index (χ0n) is 15.7. The third-order valence-corrected chi connectivity index (χ3v) is 4.96. The number of carbonyl (C=O) groups excluding carboxylic acids is 1. The number of nitrogens with one attached hydrogen (secondary N) is 2. The average molecular weight is 377 g/mol. The van der Waals surface area contributed by atoms with Gasteiger partial charge in [-0.2, -0.15) is 4.98 Å². The van der Waals surface area contributed by atoms with Gasteiger partial charge in [0, 0.05) is 25.2 Å². The number of hydrogen-bond donors (Lipinski definition) is 2. The van der Waals surface area contributed by atoms with Gasteiger partial charge in [0.15, 0.2) is 5.82 Å². The Morgan fingerprint density at radius 3 is 2.61 bits per heavy atom. The van der Waals surface area contributed by atoms with Crippen LogP contribution in [-0.2, 0) is 0 Å². The van der Waals surface area contributed by atoms with Crippen molar-refractivity contribution in [2.75, 3.05) is 26.7 Å². The van der Waals surface area contributed by atoms with Crippen LogP contribution in [0.3, 0.4) is 0 Å². The lowest BCUT2D eigenvalue weighted by atomic mass is 10.1. The predicted molar refractivity (Wildman–Crippen MR) is 105 cm³/mol. The van der Waals surface area contributed by atoms with Gasteiger partial charge in [-0.15, -0.1) is 0 Å². The number of hydrogen-bond acceptors (Lipinski definition) is 6.